The molecule has 5 saturated carbocycles. The molecular formula is C37H50N2O10. The molecule has 2 aliphatic heterocycles. The van der Waals surface area contributed by atoms with E-state index in [2.05, 4.69) is 11.8 Å². The van der Waals surface area contributed by atoms with Crippen molar-refractivity contribution in [2.75, 3.05) is 53.0 Å². The lowest BCUT2D eigenvalue weighted by Gasteiger charge is -2.70. The summed E-state index contributed by atoms with van der Waals surface area (Å²) in [6.45, 7) is 4.95. The van der Waals surface area contributed by atoms with Gasteiger partial charge in [-0.3, -0.25) is 14.5 Å². The zero-order chi connectivity index (χ0) is 34.8. The number of piperidine rings is 1. The minimum atomic E-state index is -1.70. The third-order valence-electron chi connectivity index (χ3n) is 14.5. The van der Waals surface area contributed by atoms with E-state index in [4.69, 9.17) is 23.7 Å². The van der Waals surface area contributed by atoms with Crippen LogP contribution in [0.3, 0.4) is 0 Å². The van der Waals surface area contributed by atoms with E-state index in [1.54, 1.807) is 59.6 Å². The summed E-state index contributed by atoms with van der Waals surface area (Å²) in [5, 5.41) is 26.6. The Labute approximate surface area is 287 Å². The summed E-state index contributed by atoms with van der Waals surface area (Å²) in [5.74, 6) is -2.47. The highest BCUT2D eigenvalue weighted by Gasteiger charge is 2.91. The number of amides is 2. The topological polar surface area (TPSA) is 144 Å². The number of hydrogen-bond acceptors (Lipinski definition) is 11. The minimum absolute atomic E-state index is 0.0358. The van der Waals surface area contributed by atoms with Crippen molar-refractivity contribution in [1.29, 1.82) is 0 Å². The van der Waals surface area contributed by atoms with Gasteiger partial charge in [0.25, 0.3) is 0 Å². The summed E-state index contributed by atoms with van der Waals surface area (Å²) in [6, 6.07) is 6.12. The highest BCUT2D eigenvalue weighted by Crippen LogP contribution is 2.80. The molecule has 2 heterocycles. The van der Waals surface area contributed by atoms with Crippen LogP contribution in [0.25, 0.3) is 0 Å². The second-order valence-electron chi connectivity index (χ2n) is 16.0. The molecule has 5 aliphatic carbocycles. The van der Waals surface area contributed by atoms with Gasteiger partial charge in [0.05, 0.1) is 48.3 Å². The third-order valence-corrected chi connectivity index (χ3v) is 14.5. The molecule has 14 atom stereocenters. The molecule has 7 aliphatic rings. The SMILES string of the molecule is CCN1C[C@]2(COC(=O)c3ccccc3N3C(=O)C[C@H](C)C3=O)CC[C@H](OC)[C@]34[C@@H]5C[C@H]6[C@H](OC)[C@@H]5[C@](O)(C[C@@H]6OC)[C@](O)([C@@H](OC)[C@H]23)[C@@H]14. The predicted molar refractivity (Wildman–Crippen MR) is 174 cm³/mol. The van der Waals surface area contributed by atoms with Crippen LogP contribution in [0.5, 0.6) is 0 Å². The number of esters is 1. The number of carbonyl (C=O) groups is 3. The zero-order valence-corrected chi connectivity index (χ0v) is 29.3. The number of hydrogen-bond donors (Lipinski definition) is 2. The number of fused-ring (bicyclic) bond motifs is 2. The number of rotatable bonds is 9. The lowest BCUT2D eigenvalue weighted by Crippen LogP contribution is -2.82. The Morgan fingerprint density at radius 3 is 2.43 bits per heavy atom. The number of anilines is 1. The van der Waals surface area contributed by atoms with Crippen molar-refractivity contribution in [2.45, 2.75) is 87.6 Å². The van der Waals surface area contributed by atoms with Crippen molar-refractivity contribution in [3.63, 3.8) is 0 Å². The fourth-order valence-electron chi connectivity index (χ4n) is 13.2. The molecule has 1 spiro atoms. The Hall–Kier alpha value is -2.45. The maximum atomic E-state index is 14.1. The molecule has 1 aromatic rings. The van der Waals surface area contributed by atoms with Crippen LogP contribution in [0.2, 0.25) is 0 Å². The number of likely N-dealkylation sites (tertiary alicyclic amines) is 1. The second-order valence-corrected chi connectivity index (χ2v) is 16.0. The molecule has 0 radical (unpaired) electrons. The van der Waals surface area contributed by atoms with Crippen molar-refractivity contribution in [1.82, 2.24) is 4.90 Å². The Kier molecular flexibility index (Phi) is 7.75. The number of aliphatic hydroxyl groups is 2. The number of carbonyl (C=O) groups excluding carboxylic acids is 3. The molecular weight excluding hydrogens is 632 g/mol. The Morgan fingerprint density at radius 1 is 1.04 bits per heavy atom. The Bertz CT molecular complexity index is 1560. The molecule has 1 aromatic carbocycles. The molecule has 7 bridgehead atoms. The molecule has 2 amide bonds. The van der Waals surface area contributed by atoms with Crippen molar-refractivity contribution in [3.05, 3.63) is 29.8 Å². The number of nitrogens with zero attached hydrogens (tertiary/aromatic N) is 2. The van der Waals surface area contributed by atoms with Crippen LogP contribution in [0.1, 0.15) is 56.3 Å². The van der Waals surface area contributed by atoms with E-state index >= 15 is 0 Å². The van der Waals surface area contributed by atoms with Crippen LogP contribution in [-0.2, 0) is 33.3 Å². The summed E-state index contributed by atoms with van der Waals surface area (Å²) in [4.78, 5) is 43.3. The van der Waals surface area contributed by atoms with E-state index < -0.39 is 46.1 Å². The average Bonchev–Trinajstić information content (AvgIpc) is 3.63. The maximum Gasteiger partial charge on any atom is 0.340 e. The molecule has 2 saturated heterocycles. The maximum absolute atomic E-state index is 14.1. The van der Waals surface area contributed by atoms with Crippen molar-refractivity contribution in [3.8, 4) is 0 Å². The van der Waals surface area contributed by atoms with E-state index in [9.17, 15) is 24.6 Å². The van der Waals surface area contributed by atoms with Gasteiger partial charge in [-0.2, -0.15) is 0 Å². The van der Waals surface area contributed by atoms with E-state index in [1.807, 2.05) is 0 Å². The fraction of sp³-hybridized carbons (Fsp3) is 0.757. The lowest BCUT2D eigenvalue weighted by atomic mass is 9.42. The lowest BCUT2D eigenvalue weighted by molar-refractivity contribution is -0.320. The quantitative estimate of drug-likeness (QED) is 0.292. The molecule has 8 rings (SSSR count). The first-order valence-electron chi connectivity index (χ1n) is 17.9. The number of ether oxygens (including phenoxy) is 5. The van der Waals surface area contributed by atoms with Crippen molar-refractivity contribution in [2.24, 2.45) is 40.4 Å². The highest BCUT2D eigenvalue weighted by atomic mass is 16.5. The summed E-state index contributed by atoms with van der Waals surface area (Å²) in [5.41, 5.74) is -4.17. The summed E-state index contributed by atoms with van der Waals surface area (Å²) >= 11 is 0. The first-order chi connectivity index (χ1) is 23.4. The van der Waals surface area contributed by atoms with Crippen LogP contribution in [0, 0.1) is 40.4 Å². The minimum Gasteiger partial charge on any atom is -0.461 e. The van der Waals surface area contributed by atoms with Crippen molar-refractivity contribution >= 4 is 23.5 Å². The van der Waals surface area contributed by atoms with Gasteiger partial charge in [-0.25, -0.2) is 9.69 Å². The van der Waals surface area contributed by atoms with E-state index in [1.165, 1.54) is 0 Å². The first kappa shape index (κ1) is 33.7. The van der Waals surface area contributed by atoms with E-state index in [0.717, 1.165) is 11.3 Å². The molecule has 2 N–H and O–H groups in total. The van der Waals surface area contributed by atoms with E-state index in [-0.39, 0.29) is 84.5 Å². The summed E-state index contributed by atoms with van der Waals surface area (Å²) in [7, 11) is 6.70. The number of para-hydroxylation sites is 1. The first-order valence-corrected chi connectivity index (χ1v) is 17.9. The number of benzene rings is 1. The largest absolute Gasteiger partial charge is 0.461 e. The van der Waals surface area contributed by atoms with Gasteiger partial charge in [0.1, 0.15) is 11.2 Å². The van der Waals surface area contributed by atoms with E-state index in [0.29, 0.717) is 25.9 Å². The van der Waals surface area contributed by atoms with Crippen LogP contribution in [-0.4, -0.2) is 123 Å². The molecule has 12 nitrogen and oxygen atoms in total. The normalized spacial score (nSPS) is 48.0. The molecule has 268 valence electrons. The molecule has 0 unspecified atom stereocenters. The van der Waals surface area contributed by atoms with Crippen LogP contribution in [0.4, 0.5) is 5.69 Å². The average molecular weight is 683 g/mol. The van der Waals surface area contributed by atoms with Gasteiger partial charge in [-0.15, -0.1) is 0 Å². The smallest absolute Gasteiger partial charge is 0.340 e. The van der Waals surface area contributed by atoms with Gasteiger partial charge in [0.15, 0.2) is 0 Å². The number of likely N-dealkylation sites (N-methyl/N-ethyl adjacent to an activating group) is 1. The Morgan fingerprint density at radius 2 is 1.80 bits per heavy atom. The van der Waals surface area contributed by atoms with Crippen LogP contribution in [0.15, 0.2) is 24.3 Å². The van der Waals surface area contributed by atoms with Gasteiger partial charge in [0, 0.05) is 82.3 Å². The fourth-order valence-corrected chi connectivity index (χ4v) is 13.2. The molecule has 12 heteroatoms. The van der Waals surface area contributed by atoms with Gasteiger partial charge < -0.3 is 33.9 Å². The molecule has 0 aromatic heterocycles. The predicted octanol–water partition coefficient (Wildman–Crippen LogP) is 2.04. The van der Waals surface area contributed by atoms with Gasteiger partial charge >= 0.3 is 5.97 Å². The van der Waals surface area contributed by atoms with Gasteiger partial charge in [0.2, 0.25) is 11.8 Å². The molecule has 49 heavy (non-hydrogen) atoms. The van der Waals surface area contributed by atoms with Crippen molar-refractivity contribution < 1.29 is 48.3 Å². The number of imide groups is 1. The Balaban J connectivity index is 1.23. The van der Waals surface area contributed by atoms with Gasteiger partial charge in [-0.1, -0.05) is 26.0 Å². The summed E-state index contributed by atoms with van der Waals surface area (Å²) < 4.78 is 31.4. The zero-order valence-electron chi connectivity index (χ0n) is 29.3. The summed E-state index contributed by atoms with van der Waals surface area (Å²) in [6.07, 6.45) is 0.813. The third kappa shape index (κ3) is 3.86. The van der Waals surface area contributed by atoms with Crippen LogP contribution >= 0.6 is 0 Å². The monoisotopic (exact) mass is 682 g/mol. The molecule has 7 fully saturated rings. The standard InChI is InChI=1S/C37H50N2O10/c1-7-38-17-34(18-49-32(42)20-10-8-9-11-23(20)39-26(40)14-19(2)31(39)41)13-12-25(46-4)36-22-15-21-24(45-3)16-35(43,27(22)28(21)47-5)37(44,33(36)38)30(48-6)29(34)36/h8-11,19,21-22,24-25,27-30,33,43-44H,7,12-18H2,1-6H3/t19-,21+,22+,24-,25-,27+,28-,29+,30-,33-,34-,35+,36+,37-/m0/s1. The van der Waals surface area contributed by atoms with Crippen LogP contribution < -0.4 is 4.90 Å². The second kappa shape index (κ2) is 11.3. The number of methoxy groups -OCH3 is 4. The van der Waals surface area contributed by atoms with Gasteiger partial charge in [-0.05, 0) is 43.9 Å². The highest BCUT2D eigenvalue weighted by molar-refractivity contribution is 6.22.